The van der Waals surface area contributed by atoms with Gasteiger partial charge in [-0.2, -0.15) is 0 Å². The zero-order valence-corrected chi connectivity index (χ0v) is 8.40. The van der Waals surface area contributed by atoms with Crippen LogP contribution in [-0.2, 0) is 0 Å². The third-order valence-corrected chi connectivity index (χ3v) is 3.50. The SMILES string of the molecule is Cc1nc2ccc(C3CC3)cc2s1. The van der Waals surface area contributed by atoms with Gasteiger partial charge < -0.3 is 0 Å². The molecule has 0 bridgehead atoms. The summed E-state index contributed by atoms with van der Waals surface area (Å²) in [5, 5.41) is 1.17. The van der Waals surface area contributed by atoms with Crippen molar-refractivity contribution in [3.8, 4) is 0 Å². The molecule has 0 unspecified atom stereocenters. The van der Waals surface area contributed by atoms with Gasteiger partial charge in [0, 0.05) is 0 Å². The number of hydrogen-bond donors (Lipinski definition) is 0. The van der Waals surface area contributed by atoms with Crippen LogP contribution in [0, 0.1) is 6.92 Å². The van der Waals surface area contributed by atoms with E-state index >= 15 is 0 Å². The third-order valence-electron chi connectivity index (χ3n) is 2.57. The van der Waals surface area contributed by atoms with Crippen molar-refractivity contribution in [2.24, 2.45) is 0 Å². The maximum Gasteiger partial charge on any atom is 0.0907 e. The van der Waals surface area contributed by atoms with E-state index < -0.39 is 0 Å². The summed E-state index contributed by atoms with van der Waals surface area (Å²) in [7, 11) is 0. The van der Waals surface area contributed by atoms with Gasteiger partial charge in [0.2, 0.25) is 0 Å². The molecule has 13 heavy (non-hydrogen) atoms. The fourth-order valence-corrected chi connectivity index (χ4v) is 2.60. The van der Waals surface area contributed by atoms with E-state index in [1.165, 1.54) is 28.1 Å². The van der Waals surface area contributed by atoms with Crippen molar-refractivity contribution in [1.29, 1.82) is 0 Å². The quantitative estimate of drug-likeness (QED) is 0.669. The van der Waals surface area contributed by atoms with Crippen LogP contribution < -0.4 is 0 Å². The summed E-state index contributed by atoms with van der Waals surface area (Å²) in [5.41, 5.74) is 2.67. The Bertz CT molecular complexity index is 454. The van der Waals surface area contributed by atoms with Crippen molar-refractivity contribution in [2.45, 2.75) is 25.7 Å². The van der Waals surface area contributed by atoms with Crippen molar-refractivity contribution >= 4 is 21.6 Å². The monoisotopic (exact) mass is 189 g/mol. The fourth-order valence-electron chi connectivity index (χ4n) is 1.73. The van der Waals surface area contributed by atoms with Crippen LogP contribution in [-0.4, -0.2) is 4.98 Å². The second-order valence-corrected chi connectivity index (χ2v) is 4.97. The maximum absolute atomic E-state index is 4.45. The molecule has 1 heterocycles. The van der Waals surface area contributed by atoms with E-state index in [0.717, 1.165) is 11.4 Å². The maximum atomic E-state index is 4.45. The van der Waals surface area contributed by atoms with Crippen LogP contribution in [0.2, 0.25) is 0 Å². The fraction of sp³-hybridized carbons (Fsp3) is 0.364. The largest absolute Gasteiger partial charge is 0.242 e. The van der Waals surface area contributed by atoms with Gasteiger partial charge in [-0.15, -0.1) is 11.3 Å². The summed E-state index contributed by atoms with van der Waals surface area (Å²) < 4.78 is 1.35. The number of aryl methyl sites for hydroxylation is 1. The normalized spacial score (nSPS) is 16.7. The predicted octanol–water partition coefficient (Wildman–Crippen LogP) is 3.48. The average molecular weight is 189 g/mol. The minimum absolute atomic E-state index is 0.854. The van der Waals surface area contributed by atoms with E-state index in [-0.39, 0.29) is 0 Å². The first-order valence-electron chi connectivity index (χ1n) is 4.70. The molecule has 1 aliphatic rings. The highest BCUT2D eigenvalue weighted by atomic mass is 32.1. The first-order chi connectivity index (χ1) is 6.33. The van der Waals surface area contributed by atoms with E-state index in [0.29, 0.717) is 0 Å². The summed E-state index contributed by atoms with van der Waals surface area (Å²) >= 11 is 1.80. The van der Waals surface area contributed by atoms with Gasteiger partial charge in [-0.25, -0.2) is 4.98 Å². The topological polar surface area (TPSA) is 12.9 Å². The summed E-state index contributed by atoms with van der Waals surface area (Å²) in [6, 6.07) is 6.71. The lowest BCUT2D eigenvalue weighted by molar-refractivity contribution is 1.14. The molecule has 1 saturated carbocycles. The summed E-state index contributed by atoms with van der Waals surface area (Å²) in [4.78, 5) is 4.45. The van der Waals surface area contributed by atoms with Gasteiger partial charge in [0.05, 0.1) is 15.2 Å². The highest BCUT2D eigenvalue weighted by Crippen LogP contribution is 2.41. The lowest BCUT2D eigenvalue weighted by Gasteiger charge is -1.95. The molecule has 2 aromatic rings. The van der Waals surface area contributed by atoms with Crippen molar-refractivity contribution in [1.82, 2.24) is 4.98 Å². The molecular formula is C11H11NS. The Labute approximate surface area is 81.4 Å². The highest BCUT2D eigenvalue weighted by molar-refractivity contribution is 7.18. The van der Waals surface area contributed by atoms with Gasteiger partial charge >= 0.3 is 0 Å². The van der Waals surface area contributed by atoms with Gasteiger partial charge in [-0.1, -0.05) is 6.07 Å². The van der Waals surface area contributed by atoms with Crippen LogP contribution in [0.4, 0.5) is 0 Å². The molecule has 1 fully saturated rings. The lowest BCUT2D eigenvalue weighted by Crippen LogP contribution is -1.77. The second-order valence-electron chi connectivity index (χ2n) is 3.73. The molecule has 0 N–H and O–H groups in total. The number of thiazole rings is 1. The smallest absolute Gasteiger partial charge is 0.0907 e. The van der Waals surface area contributed by atoms with Crippen molar-refractivity contribution < 1.29 is 0 Å². The molecule has 1 aromatic carbocycles. The number of hydrogen-bond acceptors (Lipinski definition) is 2. The van der Waals surface area contributed by atoms with Gasteiger partial charge in [-0.3, -0.25) is 0 Å². The molecule has 0 saturated heterocycles. The second kappa shape index (κ2) is 2.55. The van der Waals surface area contributed by atoms with Crippen LogP contribution in [0.5, 0.6) is 0 Å². The van der Waals surface area contributed by atoms with E-state index in [2.05, 4.69) is 30.1 Å². The Morgan fingerprint density at radius 3 is 3.00 bits per heavy atom. The van der Waals surface area contributed by atoms with Crippen LogP contribution in [0.3, 0.4) is 0 Å². The van der Waals surface area contributed by atoms with Gasteiger partial charge in [-0.05, 0) is 43.4 Å². The Balaban J connectivity index is 2.20. The zero-order valence-electron chi connectivity index (χ0n) is 7.58. The van der Waals surface area contributed by atoms with Crippen LogP contribution in [0.25, 0.3) is 10.2 Å². The molecule has 0 amide bonds. The highest BCUT2D eigenvalue weighted by Gasteiger charge is 2.23. The molecule has 0 atom stereocenters. The Hall–Kier alpha value is -0.890. The number of benzene rings is 1. The first kappa shape index (κ1) is 7.51. The first-order valence-corrected chi connectivity index (χ1v) is 5.52. The van der Waals surface area contributed by atoms with Crippen LogP contribution in [0.1, 0.15) is 29.3 Å². The molecule has 0 aliphatic heterocycles. The van der Waals surface area contributed by atoms with Crippen molar-refractivity contribution in [3.05, 3.63) is 28.8 Å². The van der Waals surface area contributed by atoms with E-state index in [4.69, 9.17) is 0 Å². The zero-order chi connectivity index (χ0) is 8.84. The number of aromatic nitrogens is 1. The molecule has 0 radical (unpaired) electrons. The van der Waals surface area contributed by atoms with Gasteiger partial charge in [0.25, 0.3) is 0 Å². The van der Waals surface area contributed by atoms with Crippen molar-refractivity contribution in [3.63, 3.8) is 0 Å². The minimum atomic E-state index is 0.854. The lowest BCUT2D eigenvalue weighted by atomic mass is 10.1. The minimum Gasteiger partial charge on any atom is -0.242 e. The van der Waals surface area contributed by atoms with E-state index in [9.17, 15) is 0 Å². The molecule has 1 nitrogen and oxygen atoms in total. The van der Waals surface area contributed by atoms with Crippen LogP contribution in [0.15, 0.2) is 18.2 Å². The molecule has 1 aromatic heterocycles. The Morgan fingerprint density at radius 2 is 2.23 bits per heavy atom. The van der Waals surface area contributed by atoms with Crippen molar-refractivity contribution in [2.75, 3.05) is 0 Å². The molecule has 2 heteroatoms. The Kier molecular flexibility index (Phi) is 1.47. The van der Waals surface area contributed by atoms with Gasteiger partial charge in [0.1, 0.15) is 0 Å². The molecular weight excluding hydrogens is 178 g/mol. The molecule has 3 rings (SSSR count). The average Bonchev–Trinajstić information content (AvgIpc) is 2.87. The summed E-state index contributed by atoms with van der Waals surface area (Å²) in [5.74, 6) is 0.854. The number of fused-ring (bicyclic) bond motifs is 1. The molecule has 1 aliphatic carbocycles. The van der Waals surface area contributed by atoms with Gasteiger partial charge in [0.15, 0.2) is 0 Å². The Morgan fingerprint density at radius 1 is 1.38 bits per heavy atom. The summed E-state index contributed by atoms with van der Waals surface area (Å²) in [6.07, 6.45) is 2.76. The number of nitrogens with zero attached hydrogens (tertiary/aromatic N) is 1. The standard InChI is InChI=1S/C11H11NS/c1-7-12-10-5-4-9(8-2-3-8)6-11(10)13-7/h4-6,8H,2-3H2,1H3. The van der Waals surface area contributed by atoms with E-state index in [1.807, 2.05) is 0 Å². The molecule has 66 valence electrons. The molecule has 0 spiro atoms. The third kappa shape index (κ3) is 1.25. The van der Waals surface area contributed by atoms with E-state index in [1.54, 1.807) is 11.3 Å². The predicted molar refractivity (Wildman–Crippen MR) is 56.3 cm³/mol. The summed E-state index contributed by atoms with van der Waals surface area (Å²) in [6.45, 7) is 2.07. The van der Waals surface area contributed by atoms with Crippen LogP contribution >= 0.6 is 11.3 Å². The number of rotatable bonds is 1.